The van der Waals surface area contributed by atoms with Gasteiger partial charge in [0.2, 0.25) is 0 Å². The monoisotopic (exact) mass is 205 g/mol. The largest absolute Gasteiger partial charge is 0.310 e. The molecule has 1 aromatic heterocycles. The van der Waals surface area contributed by atoms with Gasteiger partial charge in [-0.25, -0.2) is 9.97 Å². The first-order valence-corrected chi connectivity index (χ1v) is 5.85. The Hall–Kier alpha value is -0.960. The Labute approximate surface area is 91.3 Å². The van der Waals surface area contributed by atoms with E-state index in [1.54, 1.807) is 6.33 Å². The van der Waals surface area contributed by atoms with Crippen LogP contribution < -0.4 is 5.32 Å². The van der Waals surface area contributed by atoms with Gasteiger partial charge in [0.15, 0.2) is 0 Å². The predicted octanol–water partition coefficient (Wildman–Crippen LogP) is 2.14. The third kappa shape index (κ3) is 3.59. The van der Waals surface area contributed by atoms with E-state index in [2.05, 4.69) is 22.2 Å². The van der Waals surface area contributed by atoms with E-state index in [0.29, 0.717) is 6.04 Å². The normalized spacial score (nSPS) is 17.7. The van der Waals surface area contributed by atoms with E-state index < -0.39 is 0 Å². The first kappa shape index (κ1) is 10.6. The van der Waals surface area contributed by atoms with Crippen molar-refractivity contribution in [2.75, 3.05) is 0 Å². The Morgan fingerprint density at radius 2 is 2.13 bits per heavy atom. The van der Waals surface area contributed by atoms with Crippen molar-refractivity contribution in [1.82, 2.24) is 15.3 Å². The number of nitrogens with one attached hydrogen (secondary N) is 1. The van der Waals surface area contributed by atoms with Gasteiger partial charge in [-0.05, 0) is 18.8 Å². The second-order valence-corrected chi connectivity index (χ2v) is 4.41. The van der Waals surface area contributed by atoms with Crippen molar-refractivity contribution in [3.63, 3.8) is 0 Å². The van der Waals surface area contributed by atoms with Crippen molar-refractivity contribution in [1.29, 1.82) is 0 Å². The highest BCUT2D eigenvalue weighted by atomic mass is 14.9. The maximum absolute atomic E-state index is 4.01. The predicted molar refractivity (Wildman–Crippen MR) is 60.3 cm³/mol. The third-order valence-electron chi connectivity index (χ3n) is 3.02. The smallest absolute Gasteiger partial charge is 0.115 e. The van der Waals surface area contributed by atoms with Crippen molar-refractivity contribution < 1.29 is 0 Å². The minimum absolute atomic E-state index is 0.665. The molecule has 0 saturated heterocycles. The zero-order chi connectivity index (χ0) is 10.5. The minimum Gasteiger partial charge on any atom is -0.310 e. The maximum Gasteiger partial charge on any atom is 0.115 e. The molecular formula is C12H19N3. The van der Waals surface area contributed by atoms with Gasteiger partial charge in [-0.2, -0.15) is 0 Å². The van der Waals surface area contributed by atoms with E-state index in [-0.39, 0.29) is 0 Å². The number of nitrogens with zero attached hydrogens (tertiary/aromatic N) is 2. The third-order valence-corrected chi connectivity index (χ3v) is 3.02. The molecule has 1 unspecified atom stereocenters. The molecule has 82 valence electrons. The van der Waals surface area contributed by atoms with Gasteiger partial charge in [0.05, 0.1) is 0 Å². The lowest BCUT2D eigenvalue weighted by Gasteiger charge is -2.16. The molecule has 1 heterocycles. The first-order chi connectivity index (χ1) is 7.38. The summed E-state index contributed by atoms with van der Waals surface area (Å²) in [6.07, 6.45) is 10.8. The fraction of sp³-hybridized carbons (Fsp3) is 0.667. The molecule has 1 aromatic rings. The van der Waals surface area contributed by atoms with Gasteiger partial charge in [-0.15, -0.1) is 0 Å². The van der Waals surface area contributed by atoms with Gasteiger partial charge < -0.3 is 5.32 Å². The molecule has 3 nitrogen and oxygen atoms in total. The maximum atomic E-state index is 4.01. The average molecular weight is 205 g/mol. The second-order valence-electron chi connectivity index (χ2n) is 4.41. The molecule has 1 aliphatic rings. The molecule has 0 aromatic carbocycles. The SMILES string of the molecule is CCC(CC1CC1)NCc1cncnc1. The number of aromatic nitrogens is 2. The second kappa shape index (κ2) is 5.21. The summed E-state index contributed by atoms with van der Waals surface area (Å²) in [6, 6.07) is 0.665. The van der Waals surface area contributed by atoms with E-state index in [1.165, 1.54) is 31.2 Å². The molecule has 1 aliphatic carbocycles. The highest BCUT2D eigenvalue weighted by Crippen LogP contribution is 2.34. The van der Waals surface area contributed by atoms with Crippen molar-refractivity contribution in [2.45, 2.75) is 45.2 Å². The zero-order valence-corrected chi connectivity index (χ0v) is 9.32. The lowest BCUT2D eigenvalue weighted by molar-refractivity contribution is 0.444. The van der Waals surface area contributed by atoms with Crippen LogP contribution in [0.2, 0.25) is 0 Å². The van der Waals surface area contributed by atoms with E-state index in [4.69, 9.17) is 0 Å². The van der Waals surface area contributed by atoms with Gasteiger partial charge in [-0.1, -0.05) is 19.8 Å². The van der Waals surface area contributed by atoms with Crippen LogP contribution in [-0.2, 0) is 6.54 Å². The number of rotatable bonds is 6. The van der Waals surface area contributed by atoms with E-state index >= 15 is 0 Å². The van der Waals surface area contributed by atoms with Gasteiger partial charge in [0.25, 0.3) is 0 Å². The van der Waals surface area contributed by atoms with E-state index in [9.17, 15) is 0 Å². The molecule has 0 amide bonds. The Morgan fingerprint density at radius 1 is 1.40 bits per heavy atom. The van der Waals surface area contributed by atoms with Gasteiger partial charge in [-0.3, -0.25) is 0 Å². The lowest BCUT2D eigenvalue weighted by Crippen LogP contribution is -2.28. The van der Waals surface area contributed by atoms with Crippen molar-refractivity contribution in [2.24, 2.45) is 5.92 Å². The molecule has 0 radical (unpaired) electrons. The standard InChI is InChI=1S/C12H19N3/c1-2-12(5-10-3-4-10)15-8-11-6-13-9-14-7-11/h6-7,9-10,12,15H,2-5,8H2,1H3. The summed E-state index contributed by atoms with van der Waals surface area (Å²) in [7, 11) is 0. The van der Waals surface area contributed by atoms with E-state index in [0.717, 1.165) is 12.5 Å². The highest BCUT2D eigenvalue weighted by Gasteiger charge is 2.24. The molecule has 3 heteroatoms. The first-order valence-electron chi connectivity index (χ1n) is 5.85. The minimum atomic E-state index is 0.665. The van der Waals surface area contributed by atoms with Gasteiger partial charge in [0.1, 0.15) is 6.33 Å². The average Bonchev–Trinajstić information content (AvgIpc) is 3.09. The molecule has 15 heavy (non-hydrogen) atoms. The van der Waals surface area contributed by atoms with Crippen LogP contribution in [0.5, 0.6) is 0 Å². The van der Waals surface area contributed by atoms with Crippen LogP contribution in [0.3, 0.4) is 0 Å². The molecule has 0 spiro atoms. The summed E-state index contributed by atoms with van der Waals surface area (Å²) in [5.41, 5.74) is 1.17. The zero-order valence-electron chi connectivity index (χ0n) is 9.32. The Morgan fingerprint density at radius 3 is 2.73 bits per heavy atom. The Balaban J connectivity index is 1.75. The van der Waals surface area contributed by atoms with Crippen molar-refractivity contribution >= 4 is 0 Å². The van der Waals surface area contributed by atoms with Crippen molar-refractivity contribution in [3.8, 4) is 0 Å². The van der Waals surface area contributed by atoms with Crippen LogP contribution in [0.15, 0.2) is 18.7 Å². The number of hydrogen-bond acceptors (Lipinski definition) is 3. The molecule has 1 N–H and O–H groups in total. The molecule has 0 aliphatic heterocycles. The summed E-state index contributed by atoms with van der Waals surface area (Å²) in [5.74, 6) is 0.995. The summed E-state index contributed by atoms with van der Waals surface area (Å²) in [6.45, 7) is 3.15. The quantitative estimate of drug-likeness (QED) is 0.773. The summed E-state index contributed by atoms with van der Waals surface area (Å²) < 4.78 is 0. The molecule has 0 bridgehead atoms. The number of hydrogen-bond donors (Lipinski definition) is 1. The van der Waals surface area contributed by atoms with Crippen LogP contribution >= 0.6 is 0 Å². The molecule has 2 rings (SSSR count). The molecular weight excluding hydrogens is 186 g/mol. The molecule has 1 atom stereocenters. The van der Waals surface area contributed by atoms with Crippen LogP contribution in [0.1, 0.15) is 38.2 Å². The fourth-order valence-electron chi connectivity index (χ4n) is 1.83. The Bertz CT molecular complexity index is 282. The van der Waals surface area contributed by atoms with Crippen LogP contribution in [0, 0.1) is 5.92 Å². The topological polar surface area (TPSA) is 37.8 Å². The van der Waals surface area contributed by atoms with E-state index in [1.807, 2.05) is 12.4 Å². The van der Waals surface area contributed by atoms with Crippen LogP contribution in [0.4, 0.5) is 0 Å². The molecule has 1 fully saturated rings. The lowest BCUT2D eigenvalue weighted by atomic mass is 10.1. The highest BCUT2D eigenvalue weighted by molar-refractivity contribution is 5.01. The summed E-state index contributed by atoms with van der Waals surface area (Å²) >= 11 is 0. The Kier molecular flexibility index (Phi) is 3.67. The molecule has 1 saturated carbocycles. The fourth-order valence-corrected chi connectivity index (χ4v) is 1.83. The van der Waals surface area contributed by atoms with Crippen LogP contribution in [-0.4, -0.2) is 16.0 Å². The summed E-state index contributed by atoms with van der Waals surface area (Å²) in [4.78, 5) is 8.02. The van der Waals surface area contributed by atoms with Crippen molar-refractivity contribution in [3.05, 3.63) is 24.3 Å². The van der Waals surface area contributed by atoms with Crippen LogP contribution in [0.25, 0.3) is 0 Å². The van der Waals surface area contributed by atoms with Gasteiger partial charge >= 0.3 is 0 Å². The van der Waals surface area contributed by atoms with Gasteiger partial charge in [0, 0.05) is 30.5 Å². The summed E-state index contributed by atoms with van der Waals surface area (Å²) in [5, 5.41) is 3.58.